The summed E-state index contributed by atoms with van der Waals surface area (Å²) >= 11 is 2.61. The number of carboxylic acid groups (broad SMARTS) is 1. The van der Waals surface area contributed by atoms with Crippen molar-refractivity contribution >= 4 is 46.9 Å². The Morgan fingerprint density at radius 2 is 2.13 bits per heavy atom. The number of carbonyl (C=O) groups is 4. The number of ether oxygens (including phenoxy) is 1. The van der Waals surface area contributed by atoms with Gasteiger partial charge in [-0.25, -0.2) is 9.59 Å². The van der Waals surface area contributed by atoms with Crippen LogP contribution in [0.5, 0.6) is 0 Å². The Bertz CT molecular complexity index is 1070. The van der Waals surface area contributed by atoms with E-state index in [0.717, 1.165) is 0 Å². The summed E-state index contributed by atoms with van der Waals surface area (Å²) in [6.45, 7) is 1.66. The molecule has 1 fully saturated rings. The van der Waals surface area contributed by atoms with E-state index in [1.54, 1.807) is 30.5 Å². The van der Waals surface area contributed by atoms with Crippen LogP contribution >= 0.6 is 23.1 Å². The van der Waals surface area contributed by atoms with Gasteiger partial charge in [0.05, 0.1) is 10.4 Å². The molecule has 2 aliphatic heterocycles. The molecule has 2 unspecified atom stereocenters. The van der Waals surface area contributed by atoms with Crippen LogP contribution < -0.4 is 5.32 Å². The third kappa shape index (κ3) is 3.93. The van der Waals surface area contributed by atoms with Gasteiger partial charge in [-0.3, -0.25) is 19.5 Å². The summed E-state index contributed by atoms with van der Waals surface area (Å²) in [5, 5.41) is 13.3. The Labute approximate surface area is 185 Å². The minimum atomic E-state index is -1.25. The minimum Gasteiger partial charge on any atom is -0.477 e. The van der Waals surface area contributed by atoms with Crippen molar-refractivity contribution in [3.63, 3.8) is 0 Å². The first kappa shape index (κ1) is 21.1. The normalized spacial score (nSPS) is 21.1. The van der Waals surface area contributed by atoms with Crippen molar-refractivity contribution in [1.29, 1.82) is 0 Å². The van der Waals surface area contributed by atoms with Crippen LogP contribution in [0.25, 0.3) is 0 Å². The maximum absolute atomic E-state index is 13.0. The van der Waals surface area contributed by atoms with Gasteiger partial charge < -0.3 is 15.2 Å². The van der Waals surface area contributed by atoms with Crippen molar-refractivity contribution < 1.29 is 29.0 Å². The van der Waals surface area contributed by atoms with Crippen LogP contribution in [0.2, 0.25) is 0 Å². The van der Waals surface area contributed by atoms with E-state index in [1.165, 1.54) is 46.5 Å². The van der Waals surface area contributed by atoms with Gasteiger partial charge in [0.25, 0.3) is 11.8 Å². The summed E-state index contributed by atoms with van der Waals surface area (Å²) in [6, 6.07) is 5.57. The molecule has 31 heavy (non-hydrogen) atoms. The van der Waals surface area contributed by atoms with Gasteiger partial charge in [-0.15, -0.1) is 23.1 Å². The highest BCUT2D eigenvalue weighted by Gasteiger charge is 2.54. The number of thioether (sulfide) groups is 1. The van der Waals surface area contributed by atoms with Crippen LogP contribution in [0.15, 0.2) is 53.3 Å². The van der Waals surface area contributed by atoms with Crippen LogP contribution in [0.3, 0.4) is 0 Å². The van der Waals surface area contributed by atoms with E-state index in [4.69, 9.17) is 4.74 Å². The minimum absolute atomic E-state index is 0.0444. The van der Waals surface area contributed by atoms with E-state index in [-0.39, 0.29) is 11.3 Å². The highest BCUT2D eigenvalue weighted by atomic mass is 32.2. The molecule has 2 N–H and O–H groups in total. The predicted octanol–water partition coefficient (Wildman–Crippen LogP) is 1.80. The number of carboxylic acids is 1. The summed E-state index contributed by atoms with van der Waals surface area (Å²) in [6.07, 6.45) is 1.59. The number of aromatic nitrogens is 1. The number of fused-ring (bicyclic) bond motifs is 1. The molecule has 0 saturated carbocycles. The smallest absolute Gasteiger partial charge is 0.352 e. The van der Waals surface area contributed by atoms with Crippen LogP contribution in [0.4, 0.5) is 0 Å². The Kier molecular flexibility index (Phi) is 5.79. The molecule has 0 radical (unpaired) electrons. The molecule has 2 aliphatic rings. The van der Waals surface area contributed by atoms with E-state index in [1.807, 2.05) is 0 Å². The summed E-state index contributed by atoms with van der Waals surface area (Å²) < 4.78 is 5.44. The molecule has 3 atom stereocenters. The Morgan fingerprint density at radius 1 is 1.32 bits per heavy atom. The zero-order valence-corrected chi connectivity index (χ0v) is 17.8. The molecule has 0 aliphatic carbocycles. The van der Waals surface area contributed by atoms with Crippen molar-refractivity contribution in [2.75, 3.05) is 5.75 Å². The topological polar surface area (TPSA) is 126 Å². The summed E-state index contributed by atoms with van der Waals surface area (Å²) in [5.41, 5.74) is 0.739. The molecule has 11 heteroatoms. The third-order valence-electron chi connectivity index (χ3n) is 4.82. The van der Waals surface area contributed by atoms with Gasteiger partial charge in [-0.1, -0.05) is 6.07 Å². The number of pyridine rings is 1. The van der Waals surface area contributed by atoms with Gasteiger partial charge in [0, 0.05) is 18.1 Å². The quantitative estimate of drug-likeness (QED) is 0.495. The van der Waals surface area contributed by atoms with Crippen molar-refractivity contribution in [1.82, 2.24) is 15.2 Å². The largest absolute Gasteiger partial charge is 0.477 e. The molecule has 4 rings (SSSR count). The first-order valence-electron chi connectivity index (χ1n) is 9.21. The van der Waals surface area contributed by atoms with Gasteiger partial charge >= 0.3 is 11.9 Å². The van der Waals surface area contributed by atoms with Gasteiger partial charge in [-0.2, -0.15) is 0 Å². The van der Waals surface area contributed by atoms with E-state index in [9.17, 15) is 24.3 Å². The van der Waals surface area contributed by atoms with Crippen LogP contribution in [-0.4, -0.2) is 55.9 Å². The summed E-state index contributed by atoms with van der Waals surface area (Å²) in [4.78, 5) is 55.2. The summed E-state index contributed by atoms with van der Waals surface area (Å²) in [5.74, 6) is -2.62. The number of rotatable bonds is 6. The summed E-state index contributed by atoms with van der Waals surface area (Å²) in [7, 11) is 0. The van der Waals surface area contributed by atoms with Gasteiger partial charge in [0.15, 0.2) is 0 Å². The second-order valence-corrected chi connectivity index (χ2v) is 8.96. The Morgan fingerprint density at radius 3 is 2.77 bits per heavy atom. The number of thiophene rings is 1. The lowest BCUT2D eigenvalue weighted by Crippen LogP contribution is -2.70. The molecular formula is C20H17N3O6S2. The van der Waals surface area contributed by atoms with Gasteiger partial charge in [-0.05, 0) is 36.1 Å². The van der Waals surface area contributed by atoms with E-state index < -0.39 is 41.3 Å². The molecule has 160 valence electrons. The third-order valence-corrected chi connectivity index (χ3v) is 7.16. The number of nitrogens with zero attached hydrogens (tertiary/aromatic N) is 2. The number of β-lactam (4-membered cyclic amide) rings is 1. The van der Waals surface area contributed by atoms with E-state index in [2.05, 4.69) is 10.3 Å². The molecule has 0 aromatic carbocycles. The zero-order valence-electron chi connectivity index (χ0n) is 16.2. The highest BCUT2D eigenvalue weighted by molar-refractivity contribution is 8.00. The van der Waals surface area contributed by atoms with Crippen molar-refractivity contribution in [3.8, 4) is 0 Å². The van der Waals surface area contributed by atoms with Gasteiger partial charge in [0.2, 0.25) is 6.10 Å². The highest BCUT2D eigenvalue weighted by Crippen LogP contribution is 2.40. The average Bonchev–Trinajstić information content (AvgIpc) is 3.30. The van der Waals surface area contributed by atoms with E-state index in [0.29, 0.717) is 16.2 Å². The molecule has 2 amide bonds. The Hall–Kier alpha value is -3.18. The van der Waals surface area contributed by atoms with E-state index >= 15 is 0 Å². The first-order valence-corrected chi connectivity index (χ1v) is 11.1. The number of aliphatic carboxylic acids is 1. The van der Waals surface area contributed by atoms with Crippen LogP contribution in [-0.2, 0) is 19.1 Å². The fourth-order valence-corrected chi connectivity index (χ4v) is 5.39. The number of hydrogen-bond acceptors (Lipinski definition) is 8. The zero-order chi connectivity index (χ0) is 22.1. The molecule has 2 aromatic rings. The second kappa shape index (κ2) is 8.52. The SMILES string of the molecule is CC1=C(C(=O)O)N2C(=O)C(NC(=O)C(OC(=O)c3cccnc3)c3cccs3)[C@@H]2SC1. The maximum atomic E-state index is 13.0. The monoisotopic (exact) mass is 459 g/mol. The number of hydrogen-bond donors (Lipinski definition) is 2. The van der Waals surface area contributed by atoms with Crippen molar-refractivity contribution in [2.24, 2.45) is 0 Å². The van der Waals surface area contributed by atoms with Crippen molar-refractivity contribution in [3.05, 3.63) is 63.7 Å². The number of nitrogens with one attached hydrogen (secondary N) is 1. The maximum Gasteiger partial charge on any atom is 0.352 e. The number of carbonyl (C=O) groups excluding carboxylic acids is 3. The molecule has 0 bridgehead atoms. The predicted molar refractivity (Wildman–Crippen MR) is 112 cm³/mol. The Balaban J connectivity index is 1.51. The molecule has 9 nitrogen and oxygen atoms in total. The lowest BCUT2D eigenvalue weighted by Gasteiger charge is -2.49. The van der Waals surface area contributed by atoms with Gasteiger partial charge in [0.1, 0.15) is 17.1 Å². The molecule has 1 saturated heterocycles. The second-order valence-electron chi connectivity index (χ2n) is 6.87. The fraction of sp³-hybridized carbons (Fsp3) is 0.250. The molecule has 0 spiro atoms. The number of amides is 2. The fourth-order valence-electron chi connectivity index (χ4n) is 3.34. The van der Waals surface area contributed by atoms with Crippen molar-refractivity contribution in [2.45, 2.75) is 24.4 Å². The lowest BCUT2D eigenvalue weighted by molar-refractivity contribution is -0.151. The number of esters is 1. The molecule has 4 heterocycles. The molecule has 2 aromatic heterocycles. The lowest BCUT2D eigenvalue weighted by atomic mass is 10.0. The first-order chi connectivity index (χ1) is 14.9. The van der Waals surface area contributed by atoms with Crippen LogP contribution in [0.1, 0.15) is 28.3 Å². The van der Waals surface area contributed by atoms with Crippen LogP contribution in [0, 0.1) is 0 Å². The average molecular weight is 460 g/mol. The molecular weight excluding hydrogens is 442 g/mol. The standard InChI is InChI=1S/C20H17N3O6S2/c1-10-9-31-18-13(17(25)23(18)14(10)19(26)27)22-16(24)15(12-5-3-7-30-12)29-20(28)11-4-2-6-21-8-11/h2-8,13,15,18H,9H2,1H3,(H,22,24)(H,26,27)/t13?,15?,18-/m0/s1.